The number of nitrogens with one attached hydrogen (secondary N) is 1. The second-order valence-corrected chi connectivity index (χ2v) is 8.77. The lowest BCUT2D eigenvalue weighted by Gasteiger charge is -2.19. The van der Waals surface area contributed by atoms with Crippen molar-refractivity contribution < 1.29 is 4.79 Å². The summed E-state index contributed by atoms with van der Waals surface area (Å²) in [6.07, 6.45) is 2.15. The average Bonchev–Trinajstić information content (AvgIpc) is 2.97. The standard InChI is InChI=1S/C23H27NOS/c1-15(17-8-11-20-18(13-17)14-22(26)24-20)21(25)12-7-16-5-9-19(10-6-16)23(2,3)4/h5-6,8-11,13,15H,7,12,14H2,1-4H3,(H,24,26). The predicted octanol–water partition coefficient (Wildman–Crippen LogP) is 5.58. The Bertz CT molecular complexity index is 830. The monoisotopic (exact) mass is 365 g/mol. The molecule has 3 rings (SSSR count). The van der Waals surface area contributed by atoms with E-state index in [1.807, 2.05) is 19.1 Å². The zero-order valence-electron chi connectivity index (χ0n) is 16.1. The molecule has 2 aromatic carbocycles. The maximum Gasteiger partial charge on any atom is 0.140 e. The molecule has 1 aliphatic rings. The minimum atomic E-state index is -0.0803. The lowest BCUT2D eigenvalue weighted by atomic mass is 9.86. The Labute approximate surface area is 162 Å². The van der Waals surface area contributed by atoms with Crippen LogP contribution < -0.4 is 5.32 Å². The van der Waals surface area contributed by atoms with Crippen LogP contribution in [0.3, 0.4) is 0 Å². The van der Waals surface area contributed by atoms with Crippen molar-refractivity contribution in [2.45, 2.75) is 58.3 Å². The second kappa shape index (κ2) is 7.32. The number of benzene rings is 2. The molecule has 1 heterocycles. The maximum absolute atomic E-state index is 12.7. The minimum absolute atomic E-state index is 0.0803. The molecule has 0 spiro atoms. The van der Waals surface area contributed by atoms with Crippen molar-refractivity contribution in [1.29, 1.82) is 0 Å². The van der Waals surface area contributed by atoms with Crippen molar-refractivity contribution in [1.82, 2.24) is 0 Å². The zero-order valence-corrected chi connectivity index (χ0v) is 16.9. The number of hydrogen-bond donors (Lipinski definition) is 1. The van der Waals surface area contributed by atoms with Gasteiger partial charge in [-0.05, 0) is 40.2 Å². The van der Waals surface area contributed by atoms with Crippen molar-refractivity contribution in [2.24, 2.45) is 0 Å². The molecule has 136 valence electrons. The number of Topliss-reactive ketones (excluding diaryl/α,β-unsaturated/α-hetero) is 1. The molecular formula is C23H27NOS. The second-order valence-electron chi connectivity index (χ2n) is 8.28. The predicted molar refractivity (Wildman–Crippen MR) is 113 cm³/mol. The molecule has 1 N–H and O–H groups in total. The van der Waals surface area contributed by atoms with Crippen LogP contribution in [0.25, 0.3) is 0 Å². The third kappa shape index (κ3) is 4.21. The number of thiocarbonyl (C=S) groups is 1. The van der Waals surface area contributed by atoms with Gasteiger partial charge in [0.05, 0.1) is 4.99 Å². The molecule has 2 nitrogen and oxygen atoms in total. The van der Waals surface area contributed by atoms with Crippen LogP contribution in [0.15, 0.2) is 42.5 Å². The topological polar surface area (TPSA) is 29.1 Å². The van der Waals surface area contributed by atoms with Gasteiger partial charge >= 0.3 is 0 Å². The number of fused-ring (bicyclic) bond motifs is 1. The van der Waals surface area contributed by atoms with Crippen LogP contribution in [-0.4, -0.2) is 10.8 Å². The van der Waals surface area contributed by atoms with E-state index in [0.717, 1.165) is 29.1 Å². The molecule has 0 radical (unpaired) electrons. The Kier molecular flexibility index (Phi) is 5.29. The number of anilines is 1. The minimum Gasteiger partial charge on any atom is -0.350 e. The summed E-state index contributed by atoms with van der Waals surface area (Å²) in [4.78, 5) is 13.5. The van der Waals surface area contributed by atoms with Gasteiger partial charge in [-0.3, -0.25) is 4.79 Å². The van der Waals surface area contributed by atoms with Gasteiger partial charge in [-0.1, -0.05) is 76.3 Å². The molecule has 26 heavy (non-hydrogen) atoms. The molecule has 0 saturated carbocycles. The van der Waals surface area contributed by atoms with Crippen molar-refractivity contribution in [3.63, 3.8) is 0 Å². The summed E-state index contributed by atoms with van der Waals surface area (Å²) in [5, 5.41) is 3.20. The summed E-state index contributed by atoms with van der Waals surface area (Å²) in [6, 6.07) is 14.9. The smallest absolute Gasteiger partial charge is 0.140 e. The van der Waals surface area contributed by atoms with Gasteiger partial charge in [-0.15, -0.1) is 0 Å². The molecule has 1 atom stereocenters. The Morgan fingerprint density at radius 3 is 2.50 bits per heavy atom. The molecule has 0 amide bonds. The third-order valence-corrected chi connectivity index (χ3v) is 5.46. The SMILES string of the molecule is CC(C(=O)CCc1ccc(C(C)(C)C)cc1)c1ccc2c(c1)CC(=S)N2. The third-order valence-electron chi connectivity index (χ3n) is 5.22. The summed E-state index contributed by atoms with van der Waals surface area (Å²) >= 11 is 5.23. The highest BCUT2D eigenvalue weighted by atomic mass is 32.1. The largest absolute Gasteiger partial charge is 0.350 e. The van der Waals surface area contributed by atoms with Gasteiger partial charge in [0.2, 0.25) is 0 Å². The molecule has 0 aromatic heterocycles. The van der Waals surface area contributed by atoms with E-state index < -0.39 is 0 Å². The van der Waals surface area contributed by atoms with E-state index in [9.17, 15) is 4.79 Å². The molecule has 0 fully saturated rings. The summed E-state index contributed by atoms with van der Waals surface area (Å²) in [7, 11) is 0. The van der Waals surface area contributed by atoms with Gasteiger partial charge < -0.3 is 5.32 Å². The molecule has 3 heteroatoms. The fraction of sp³-hybridized carbons (Fsp3) is 0.391. The van der Waals surface area contributed by atoms with Crippen molar-refractivity contribution >= 4 is 28.7 Å². The molecule has 0 aliphatic carbocycles. The van der Waals surface area contributed by atoms with Crippen LogP contribution in [-0.2, 0) is 23.1 Å². The molecular weight excluding hydrogens is 338 g/mol. The summed E-state index contributed by atoms with van der Waals surface area (Å²) in [5.74, 6) is 0.210. The van der Waals surface area contributed by atoms with E-state index in [-0.39, 0.29) is 11.3 Å². The van der Waals surface area contributed by atoms with Crippen LogP contribution in [0.1, 0.15) is 62.3 Å². The number of carbonyl (C=O) groups excluding carboxylic acids is 1. The number of ketones is 1. The first kappa shape index (κ1) is 18.8. The van der Waals surface area contributed by atoms with Crippen LogP contribution in [0.4, 0.5) is 5.69 Å². The zero-order chi connectivity index (χ0) is 18.9. The maximum atomic E-state index is 12.7. The van der Waals surface area contributed by atoms with Crippen LogP contribution >= 0.6 is 12.2 Å². The molecule has 0 saturated heterocycles. The van der Waals surface area contributed by atoms with Crippen molar-refractivity contribution in [3.8, 4) is 0 Å². The van der Waals surface area contributed by atoms with Gasteiger partial charge in [0.15, 0.2) is 0 Å². The first-order valence-electron chi connectivity index (χ1n) is 9.29. The van der Waals surface area contributed by atoms with E-state index in [1.54, 1.807) is 0 Å². The summed E-state index contributed by atoms with van der Waals surface area (Å²) < 4.78 is 0. The fourth-order valence-corrected chi connectivity index (χ4v) is 3.63. The van der Waals surface area contributed by atoms with Crippen LogP contribution in [0.2, 0.25) is 0 Å². The highest BCUT2D eigenvalue weighted by Crippen LogP contribution is 2.29. The molecule has 1 aliphatic heterocycles. The van der Waals surface area contributed by atoms with E-state index in [1.165, 1.54) is 16.7 Å². The van der Waals surface area contributed by atoms with Crippen LogP contribution in [0, 0.1) is 0 Å². The Morgan fingerprint density at radius 2 is 1.85 bits per heavy atom. The lowest BCUT2D eigenvalue weighted by Crippen LogP contribution is -2.12. The number of carbonyl (C=O) groups is 1. The van der Waals surface area contributed by atoms with Crippen LogP contribution in [0.5, 0.6) is 0 Å². The van der Waals surface area contributed by atoms with E-state index >= 15 is 0 Å². The van der Waals surface area contributed by atoms with E-state index in [0.29, 0.717) is 12.2 Å². The quantitative estimate of drug-likeness (QED) is 0.701. The molecule has 0 bridgehead atoms. The summed E-state index contributed by atoms with van der Waals surface area (Å²) in [5.41, 5.74) is 6.08. The van der Waals surface area contributed by atoms with Crippen molar-refractivity contribution in [3.05, 3.63) is 64.7 Å². The average molecular weight is 366 g/mol. The normalized spacial score (nSPS) is 14.7. The van der Waals surface area contributed by atoms with Gasteiger partial charge in [-0.25, -0.2) is 0 Å². The van der Waals surface area contributed by atoms with Crippen molar-refractivity contribution in [2.75, 3.05) is 5.32 Å². The Hall–Kier alpha value is -2.00. The van der Waals surface area contributed by atoms with Gasteiger partial charge in [-0.2, -0.15) is 0 Å². The Morgan fingerprint density at radius 1 is 1.15 bits per heavy atom. The van der Waals surface area contributed by atoms with E-state index in [2.05, 4.69) is 56.4 Å². The Balaban J connectivity index is 1.61. The molecule has 1 unspecified atom stereocenters. The first-order chi connectivity index (χ1) is 12.2. The van der Waals surface area contributed by atoms with E-state index in [4.69, 9.17) is 12.2 Å². The summed E-state index contributed by atoms with van der Waals surface area (Å²) in [6.45, 7) is 8.65. The van der Waals surface area contributed by atoms with Gasteiger partial charge in [0, 0.05) is 24.4 Å². The number of rotatable bonds is 5. The highest BCUT2D eigenvalue weighted by molar-refractivity contribution is 7.80. The first-order valence-corrected chi connectivity index (χ1v) is 9.69. The highest BCUT2D eigenvalue weighted by Gasteiger charge is 2.20. The fourth-order valence-electron chi connectivity index (χ4n) is 3.36. The lowest BCUT2D eigenvalue weighted by molar-refractivity contribution is -0.120. The van der Waals surface area contributed by atoms with Gasteiger partial charge in [0.1, 0.15) is 5.78 Å². The number of aryl methyl sites for hydroxylation is 1. The molecule has 2 aromatic rings. The van der Waals surface area contributed by atoms with Gasteiger partial charge in [0.25, 0.3) is 0 Å². The number of hydrogen-bond acceptors (Lipinski definition) is 2.